The summed E-state index contributed by atoms with van der Waals surface area (Å²) >= 11 is 6.01. The maximum absolute atomic E-state index is 12.3. The zero-order valence-corrected chi connectivity index (χ0v) is 15.7. The summed E-state index contributed by atoms with van der Waals surface area (Å²) in [7, 11) is 0. The summed E-state index contributed by atoms with van der Waals surface area (Å²) in [6.07, 6.45) is 1.79. The van der Waals surface area contributed by atoms with Crippen LogP contribution in [0.25, 0.3) is 0 Å². The van der Waals surface area contributed by atoms with Gasteiger partial charge in [-0.05, 0) is 49.1 Å². The van der Waals surface area contributed by atoms with Crippen LogP contribution in [0.4, 0.5) is 0 Å². The van der Waals surface area contributed by atoms with Gasteiger partial charge in [0, 0.05) is 30.2 Å². The fourth-order valence-electron chi connectivity index (χ4n) is 3.30. The molecular formula is C21H24ClNO3. The van der Waals surface area contributed by atoms with Crippen molar-refractivity contribution in [3.63, 3.8) is 0 Å². The number of carbonyl (C=O) groups excluding carboxylic acids is 1. The molecule has 3 rings (SSSR count). The van der Waals surface area contributed by atoms with Crippen LogP contribution < -0.4 is 10.1 Å². The Hall–Kier alpha value is -2.04. The van der Waals surface area contributed by atoms with Crippen LogP contribution in [-0.2, 0) is 14.9 Å². The van der Waals surface area contributed by atoms with E-state index in [1.54, 1.807) is 12.1 Å². The van der Waals surface area contributed by atoms with Gasteiger partial charge in [0.2, 0.25) is 0 Å². The molecule has 0 bridgehead atoms. The fourth-order valence-corrected chi connectivity index (χ4v) is 3.41. The van der Waals surface area contributed by atoms with Gasteiger partial charge in [0.1, 0.15) is 5.75 Å². The van der Waals surface area contributed by atoms with Crippen molar-refractivity contribution in [1.82, 2.24) is 5.32 Å². The first-order valence-electron chi connectivity index (χ1n) is 8.88. The molecule has 5 heteroatoms. The van der Waals surface area contributed by atoms with Crippen molar-refractivity contribution in [2.24, 2.45) is 0 Å². The van der Waals surface area contributed by atoms with E-state index in [0.717, 1.165) is 18.4 Å². The lowest BCUT2D eigenvalue weighted by Crippen LogP contribution is -2.45. The number of amides is 1. The number of aryl methyl sites for hydroxylation is 1. The average Bonchev–Trinajstić information content (AvgIpc) is 2.69. The first-order valence-corrected chi connectivity index (χ1v) is 9.26. The number of nitrogens with one attached hydrogen (secondary N) is 1. The summed E-state index contributed by atoms with van der Waals surface area (Å²) in [6.45, 7) is 3.91. The zero-order valence-electron chi connectivity index (χ0n) is 15.0. The summed E-state index contributed by atoms with van der Waals surface area (Å²) in [5.41, 5.74) is 2.10. The van der Waals surface area contributed by atoms with E-state index in [1.165, 1.54) is 5.56 Å². The average molecular weight is 374 g/mol. The van der Waals surface area contributed by atoms with Crippen molar-refractivity contribution in [2.45, 2.75) is 25.2 Å². The standard InChI is InChI=1S/C21H24ClNO3/c1-16-13-18(7-8-19(16)22)26-14-20(24)23-15-21(9-11-25-12-10-21)17-5-3-2-4-6-17/h2-8,13H,9-12,14-15H2,1H3,(H,23,24). The molecule has 1 heterocycles. The number of halogens is 1. The van der Waals surface area contributed by atoms with E-state index in [-0.39, 0.29) is 17.9 Å². The molecule has 1 saturated heterocycles. The summed E-state index contributed by atoms with van der Waals surface area (Å²) in [5, 5.41) is 3.73. The van der Waals surface area contributed by atoms with E-state index in [2.05, 4.69) is 17.4 Å². The molecule has 1 fully saturated rings. The van der Waals surface area contributed by atoms with Crippen LogP contribution in [0.3, 0.4) is 0 Å². The largest absolute Gasteiger partial charge is 0.484 e. The highest BCUT2D eigenvalue weighted by molar-refractivity contribution is 6.31. The highest BCUT2D eigenvalue weighted by atomic mass is 35.5. The minimum atomic E-state index is -0.126. The first-order chi connectivity index (χ1) is 12.6. The Morgan fingerprint density at radius 2 is 1.92 bits per heavy atom. The molecule has 0 saturated carbocycles. The number of rotatable bonds is 6. The van der Waals surface area contributed by atoms with Gasteiger partial charge in [-0.3, -0.25) is 4.79 Å². The number of hydrogen-bond acceptors (Lipinski definition) is 3. The molecule has 0 spiro atoms. The van der Waals surface area contributed by atoms with Gasteiger partial charge in [0.05, 0.1) is 0 Å². The van der Waals surface area contributed by atoms with Gasteiger partial charge in [-0.2, -0.15) is 0 Å². The predicted octanol–water partition coefficient (Wildman–Crippen LogP) is 3.89. The molecule has 0 atom stereocenters. The van der Waals surface area contributed by atoms with Gasteiger partial charge in [0.25, 0.3) is 5.91 Å². The monoisotopic (exact) mass is 373 g/mol. The third-order valence-electron chi connectivity index (χ3n) is 4.96. The highest BCUT2D eigenvalue weighted by Gasteiger charge is 2.34. The Balaban J connectivity index is 1.58. The number of benzene rings is 2. The van der Waals surface area contributed by atoms with Gasteiger partial charge < -0.3 is 14.8 Å². The fraction of sp³-hybridized carbons (Fsp3) is 0.381. The van der Waals surface area contributed by atoms with Crippen LogP contribution in [0.5, 0.6) is 5.75 Å². The van der Waals surface area contributed by atoms with Gasteiger partial charge in [0.15, 0.2) is 6.61 Å². The van der Waals surface area contributed by atoms with E-state index >= 15 is 0 Å². The lowest BCUT2D eigenvalue weighted by atomic mass is 9.74. The van der Waals surface area contributed by atoms with Crippen LogP contribution in [0.15, 0.2) is 48.5 Å². The second-order valence-electron chi connectivity index (χ2n) is 6.74. The molecule has 26 heavy (non-hydrogen) atoms. The molecule has 138 valence electrons. The molecule has 4 nitrogen and oxygen atoms in total. The van der Waals surface area contributed by atoms with E-state index in [4.69, 9.17) is 21.1 Å². The van der Waals surface area contributed by atoms with E-state index in [9.17, 15) is 4.79 Å². The van der Waals surface area contributed by atoms with Crippen molar-refractivity contribution in [3.05, 3.63) is 64.7 Å². The maximum atomic E-state index is 12.3. The molecular weight excluding hydrogens is 350 g/mol. The third kappa shape index (κ3) is 4.57. The molecule has 2 aromatic carbocycles. The third-order valence-corrected chi connectivity index (χ3v) is 5.38. The van der Waals surface area contributed by atoms with Crippen LogP contribution in [-0.4, -0.2) is 32.3 Å². The normalized spacial score (nSPS) is 16.1. The molecule has 0 aromatic heterocycles. The lowest BCUT2D eigenvalue weighted by molar-refractivity contribution is -0.123. The smallest absolute Gasteiger partial charge is 0.257 e. The molecule has 0 unspecified atom stereocenters. The Kier molecular flexibility index (Phi) is 6.17. The summed E-state index contributed by atoms with van der Waals surface area (Å²) < 4.78 is 11.1. The Morgan fingerprint density at radius 1 is 1.19 bits per heavy atom. The maximum Gasteiger partial charge on any atom is 0.257 e. The highest BCUT2D eigenvalue weighted by Crippen LogP contribution is 2.34. The summed E-state index contributed by atoms with van der Waals surface area (Å²) in [5.74, 6) is 0.519. The van der Waals surface area contributed by atoms with Gasteiger partial charge in [-0.15, -0.1) is 0 Å². The molecule has 1 aliphatic heterocycles. The van der Waals surface area contributed by atoms with Crippen LogP contribution >= 0.6 is 11.6 Å². The van der Waals surface area contributed by atoms with Crippen LogP contribution in [0, 0.1) is 6.92 Å². The molecule has 2 aromatic rings. The first kappa shape index (κ1) is 18.7. The minimum absolute atomic E-state index is 0.0115. The number of ether oxygens (including phenoxy) is 2. The molecule has 1 aliphatic rings. The quantitative estimate of drug-likeness (QED) is 0.835. The second kappa shape index (κ2) is 8.56. The summed E-state index contributed by atoms with van der Waals surface area (Å²) in [4.78, 5) is 12.3. The number of carbonyl (C=O) groups is 1. The van der Waals surface area contributed by atoms with Gasteiger partial charge in [-0.25, -0.2) is 0 Å². The van der Waals surface area contributed by atoms with Crippen LogP contribution in [0.1, 0.15) is 24.0 Å². The second-order valence-corrected chi connectivity index (χ2v) is 7.14. The Morgan fingerprint density at radius 3 is 2.62 bits per heavy atom. The Labute approximate surface area is 159 Å². The van der Waals surface area contributed by atoms with Crippen LogP contribution in [0.2, 0.25) is 5.02 Å². The van der Waals surface area contributed by atoms with E-state index in [1.807, 2.05) is 31.2 Å². The van der Waals surface area contributed by atoms with Crippen molar-refractivity contribution in [2.75, 3.05) is 26.4 Å². The van der Waals surface area contributed by atoms with Gasteiger partial charge in [-0.1, -0.05) is 41.9 Å². The van der Waals surface area contributed by atoms with Crippen molar-refractivity contribution in [3.8, 4) is 5.75 Å². The molecule has 0 radical (unpaired) electrons. The SMILES string of the molecule is Cc1cc(OCC(=O)NCC2(c3ccccc3)CCOCC2)ccc1Cl. The zero-order chi connectivity index (χ0) is 18.4. The predicted molar refractivity (Wildman–Crippen MR) is 103 cm³/mol. The molecule has 1 amide bonds. The van der Waals surface area contributed by atoms with Crippen molar-refractivity contribution < 1.29 is 14.3 Å². The van der Waals surface area contributed by atoms with Gasteiger partial charge >= 0.3 is 0 Å². The number of hydrogen-bond donors (Lipinski definition) is 1. The van der Waals surface area contributed by atoms with E-state index < -0.39 is 0 Å². The lowest BCUT2D eigenvalue weighted by Gasteiger charge is -2.38. The topological polar surface area (TPSA) is 47.6 Å². The summed E-state index contributed by atoms with van der Waals surface area (Å²) in [6, 6.07) is 15.7. The molecule has 0 aliphatic carbocycles. The van der Waals surface area contributed by atoms with E-state index in [0.29, 0.717) is 30.5 Å². The van der Waals surface area contributed by atoms with Crippen molar-refractivity contribution in [1.29, 1.82) is 0 Å². The Bertz CT molecular complexity index is 742. The molecule has 1 N–H and O–H groups in total. The van der Waals surface area contributed by atoms with Crippen molar-refractivity contribution >= 4 is 17.5 Å². The minimum Gasteiger partial charge on any atom is -0.484 e.